The summed E-state index contributed by atoms with van der Waals surface area (Å²) < 4.78 is 5.54. The van der Waals surface area contributed by atoms with E-state index in [1.165, 1.54) is 0 Å². The van der Waals surface area contributed by atoms with Crippen LogP contribution in [0.3, 0.4) is 0 Å². The highest BCUT2D eigenvalue weighted by molar-refractivity contribution is 5.90. The van der Waals surface area contributed by atoms with E-state index in [4.69, 9.17) is 4.74 Å². The monoisotopic (exact) mass is 426 g/mol. The van der Waals surface area contributed by atoms with Crippen molar-refractivity contribution < 1.29 is 9.53 Å². The van der Waals surface area contributed by atoms with Crippen LogP contribution in [0, 0.1) is 6.92 Å². The highest BCUT2D eigenvalue weighted by Gasteiger charge is 2.26. The molecule has 3 N–H and O–H groups in total. The SMILES string of the molecule is CCNc1nc(Nc2cc(C)ccn2)c2n[nH]c(C(CCOCC)N(C)C(C)=O)c2n1. The van der Waals surface area contributed by atoms with Crippen molar-refractivity contribution in [2.24, 2.45) is 0 Å². The minimum atomic E-state index is -0.261. The topological polar surface area (TPSA) is 121 Å². The number of rotatable bonds is 10. The van der Waals surface area contributed by atoms with Gasteiger partial charge in [-0.1, -0.05) is 0 Å². The zero-order chi connectivity index (χ0) is 22.4. The summed E-state index contributed by atoms with van der Waals surface area (Å²) in [5, 5.41) is 14.0. The van der Waals surface area contributed by atoms with E-state index in [1.807, 2.05) is 32.9 Å². The largest absolute Gasteiger partial charge is 0.382 e. The predicted molar refractivity (Wildman–Crippen MR) is 120 cm³/mol. The average molecular weight is 427 g/mol. The van der Waals surface area contributed by atoms with Crippen molar-refractivity contribution >= 4 is 34.5 Å². The highest BCUT2D eigenvalue weighted by Crippen LogP contribution is 2.31. The van der Waals surface area contributed by atoms with Crippen molar-refractivity contribution in [2.75, 3.05) is 37.4 Å². The molecule has 0 radical (unpaired) electrons. The number of carbonyl (C=O) groups excluding carboxylic acids is 1. The van der Waals surface area contributed by atoms with Crippen molar-refractivity contribution in [3.05, 3.63) is 29.6 Å². The number of aryl methyl sites for hydroxylation is 1. The first-order valence-corrected chi connectivity index (χ1v) is 10.4. The summed E-state index contributed by atoms with van der Waals surface area (Å²) in [5.41, 5.74) is 3.06. The van der Waals surface area contributed by atoms with Crippen LogP contribution in [0.25, 0.3) is 11.0 Å². The van der Waals surface area contributed by atoms with Gasteiger partial charge in [-0.3, -0.25) is 9.89 Å². The van der Waals surface area contributed by atoms with E-state index in [2.05, 4.69) is 35.8 Å². The molecule has 0 aromatic carbocycles. The molecule has 0 fully saturated rings. The van der Waals surface area contributed by atoms with Gasteiger partial charge in [0.05, 0.1) is 11.7 Å². The van der Waals surface area contributed by atoms with E-state index in [9.17, 15) is 4.79 Å². The summed E-state index contributed by atoms with van der Waals surface area (Å²) in [4.78, 5) is 27.4. The first-order chi connectivity index (χ1) is 14.9. The zero-order valence-corrected chi connectivity index (χ0v) is 18.7. The second kappa shape index (κ2) is 10.2. The van der Waals surface area contributed by atoms with Gasteiger partial charge in [0.25, 0.3) is 0 Å². The zero-order valence-electron chi connectivity index (χ0n) is 18.7. The fourth-order valence-electron chi connectivity index (χ4n) is 3.29. The number of aromatic amines is 1. The van der Waals surface area contributed by atoms with Crippen molar-refractivity contribution in [2.45, 2.75) is 40.2 Å². The molecule has 0 aliphatic rings. The summed E-state index contributed by atoms with van der Waals surface area (Å²) >= 11 is 0. The molecule has 1 unspecified atom stereocenters. The summed E-state index contributed by atoms with van der Waals surface area (Å²) in [7, 11) is 1.77. The molecule has 3 aromatic heterocycles. The van der Waals surface area contributed by atoms with Crippen LogP contribution in [0.4, 0.5) is 17.6 Å². The van der Waals surface area contributed by atoms with Gasteiger partial charge < -0.3 is 20.3 Å². The lowest BCUT2D eigenvalue weighted by Crippen LogP contribution is -2.30. The van der Waals surface area contributed by atoms with Gasteiger partial charge >= 0.3 is 0 Å². The number of anilines is 3. The number of H-pyrrole nitrogens is 1. The molecule has 10 nitrogen and oxygen atoms in total. The molecule has 31 heavy (non-hydrogen) atoms. The Labute approximate surface area is 181 Å². The third kappa shape index (κ3) is 5.26. The fraction of sp³-hybridized carbons (Fsp3) is 0.476. The minimum absolute atomic E-state index is 0.0486. The predicted octanol–water partition coefficient (Wildman–Crippen LogP) is 3.18. The number of nitrogens with one attached hydrogen (secondary N) is 3. The van der Waals surface area contributed by atoms with E-state index in [1.54, 1.807) is 25.1 Å². The summed E-state index contributed by atoms with van der Waals surface area (Å²) in [6, 6.07) is 3.60. The van der Waals surface area contributed by atoms with Crippen molar-refractivity contribution in [1.82, 2.24) is 30.0 Å². The molecular weight excluding hydrogens is 396 g/mol. The van der Waals surface area contributed by atoms with E-state index >= 15 is 0 Å². The Hall–Kier alpha value is -3.27. The van der Waals surface area contributed by atoms with E-state index in [0.29, 0.717) is 54.8 Å². The standard InChI is InChI=1S/C21H30N8O2/c1-6-22-21-25-18-17(15(9-11-31-7-2)29(5)14(4)30)27-28-19(18)20(26-21)24-16-12-13(3)8-10-23-16/h8,10,12,15H,6-7,9,11H2,1-5H3,(H,27,28)(H2,22,23,24,25,26). The number of ether oxygens (including phenoxy) is 1. The molecule has 0 aliphatic carbocycles. The second-order valence-corrected chi connectivity index (χ2v) is 7.24. The van der Waals surface area contributed by atoms with Crippen LogP contribution in [0.5, 0.6) is 0 Å². The molecule has 10 heteroatoms. The Morgan fingerprint density at radius 3 is 2.77 bits per heavy atom. The van der Waals surface area contributed by atoms with Gasteiger partial charge in [0.15, 0.2) is 11.3 Å². The van der Waals surface area contributed by atoms with Gasteiger partial charge in [-0.25, -0.2) is 9.97 Å². The van der Waals surface area contributed by atoms with Gasteiger partial charge in [0, 0.05) is 39.9 Å². The third-order valence-corrected chi connectivity index (χ3v) is 4.96. The molecule has 3 aromatic rings. The van der Waals surface area contributed by atoms with Crippen LogP contribution < -0.4 is 10.6 Å². The molecule has 0 aliphatic heterocycles. The molecule has 3 heterocycles. The summed E-state index contributed by atoms with van der Waals surface area (Å²) in [6.45, 7) is 9.27. The minimum Gasteiger partial charge on any atom is -0.382 e. The number of nitrogens with zero attached hydrogens (tertiary/aromatic N) is 5. The van der Waals surface area contributed by atoms with Gasteiger partial charge in [-0.2, -0.15) is 10.1 Å². The smallest absolute Gasteiger partial charge is 0.225 e. The van der Waals surface area contributed by atoms with Crippen molar-refractivity contribution in [3.8, 4) is 0 Å². The lowest BCUT2D eigenvalue weighted by atomic mass is 10.1. The maximum atomic E-state index is 12.1. The maximum absolute atomic E-state index is 12.1. The van der Waals surface area contributed by atoms with E-state index < -0.39 is 0 Å². The van der Waals surface area contributed by atoms with Crippen molar-refractivity contribution in [3.63, 3.8) is 0 Å². The molecule has 0 spiro atoms. The first kappa shape index (κ1) is 22.4. The quantitative estimate of drug-likeness (QED) is 0.423. The molecule has 1 atom stereocenters. The number of amides is 1. The van der Waals surface area contributed by atoms with E-state index in [0.717, 1.165) is 11.3 Å². The number of fused-ring (bicyclic) bond motifs is 1. The number of hydrogen-bond acceptors (Lipinski definition) is 8. The molecule has 3 rings (SSSR count). The molecule has 0 saturated heterocycles. The van der Waals surface area contributed by atoms with Crippen LogP contribution in [-0.4, -0.2) is 62.8 Å². The first-order valence-electron chi connectivity index (χ1n) is 10.4. The average Bonchev–Trinajstić information content (AvgIpc) is 3.15. The summed E-state index contributed by atoms with van der Waals surface area (Å²) in [5.74, 6) is 1.63. The highest BCUT2D eigenvalue weighted by atomic mass is 16.5. The Balaban J connectivity index is 2.07. The van der Waals surface area contributed by atoms with Gasteiger partial charge in [-0.15, -0.1) is 0 Å². The van der Waals surface area contributed by atoms with Crippen LogP contribution in [0.2, 0.25) is 0 Å². The van der Waals surface area contributed by atoms with Crippen LogP contribution in [0.15, 0.2) is 18.3 Å². The lowest BCUT2D eigenvalue weighted by Gasteiger charge is -2.26. The maximum Gasteiger partial charge on any atom is 0.225 e. The molecule has 0 saturated carbocycles. The Bertz CT molecular complexity index is 1040. The molecule has 0 bridgehead atoms. The lowest BCUT2D eigenvalue weighted by molar-refractivity contribution is -0.130. The van der Waals surface area contributed by atoms with Gasteiger partial charge in [0.1, 0.15) is 11.3 Å². The third-order valence-electron chi connectivity index (χ3n) is 4.96. The number of pyridine rings is 1. The van der Waals surface area contributed by atoms with Crippen LogP contribution in [-0.2, 0) is 9.53 Å². The van der Waals surface area contributed by atoms with Gasteiger partial charge in [0.2, 0.25) is 11.9 Å². The fourth-order valence-corrected chi connectivity index (χ4v) is 3.29. The Morgan fingerprint density at radius 2 is 2.10 bits per heavy atom. The normalized spacial score (nSPS) is 12.0. The number of hydrogen-bond donors (Lipinski definition) is 3. The van der Waals surface area contributed by atoms with Gasteiger partial charge in [-0.05, 0) is 44.9 Å². The second-order valence-electron chi connectivity index (χ2n) is 7.24. The number of aromatic nitrogens is 5. The Kier molecular flexibility index (Phi) is 7.35. The molecular formula is C21H30N8O2. The summed E-state index contributed by atoms with van der Waals surface area (Å²) in [6.07, 6.45) is 2.35. The molecule has 1 amide bonds. The van der Waals surface area contributed by atoms with Crippen LogP contribution >= 0.6 is 0 Å². The Morgan fingerprint density at radius 1 is 1.29 bits per heavy atom. The van der Waals surface area contributed by atoms with E-state index in [-0.39, 0.29) is 11.9 Å². The number of carbonyl (C=O) groups is 1. The van der Waals surface area contributed by atoms with Crippen molar-refractivity contribution in [1.29, 1.82) is 0 Å². The van der Waals surface area contributed by atoms with Crippen LogP contribution in [0.1, 0.15) is 44.5 Å². The molecule has 166 valence electrons.